The van der Waals surface area contributed by atoms with Crippen LogP contribution in [0.2, 0.25) is 0 Å². The number of amides is 1. The van der Waals surface area contributed by atoms with Crippen molar-refractivity contribution < 1.29 is 4.79 Å². The molecule has 1 amide bonds. The summed E-state index contributed by atoms with van der Waals surface area (Å²) in [5, 5.41) is 2.19. The van der Waals surface area contributed by atoms with E-state index in [1.165, 1.54) is 6.20 Å². The molecule has 3 heteroatoms. The highest BCUT2D eigenvalue weighted by atomic mass is 31.0. The molecule has 0 aromatic heterocycles. The molecule has 0 saturated heterocycles. The molecule has 0 spiro atoms. The Kier molecular flexibility index (Phi) is 13.5. The quantitative estimate of drug-likeness (QED) is 0.386. The van der Waals surface area contributed by atoms with Crippen molar-refractivity contribution in [3.8, 4) is 0 Å². The van der Waals surface area contributed by atoms with Crippen LogP contribution in [-0.4, -0.2) is 6.41 Å². The lowest BCUT2D eigenvalue weighted by atomic mass is 11.0. The number of rotatable bonds is 2. The van der Waals surface area contributed by atoms with E-state index in [1.807, 2.05) is 0 Å². The Hall–Kier alpha value is -0.360. The lowest BCUT2D eigenvalue weighted by Gasteiger charge is -1.70. The number of nitrogens with one attached hydrogen (secondary N) is 1. The van der Waals surface area contributed by atoms with Gasteiger partial charge < -0.3 is 5.32 Å². The predicted molar refractivity (Wildman–Crippen MR) is 30.5 cm³/mol. The first-order valence-corrected chi connectivity index (χ1v) is 1.22. The SMILES string of the molecule is C=CNC=O.P. The van der Waals surface area contributed by atoms with Crippen LogP contribution in [0.25, 0.3) is 0 Å². The van der Waals surface area contributed by atoms with Crippen LogP contribution < -0.4 is 5.32 Å². The Morgan fingerprint density at radius 3 is 2.17 bits per heavy atom. The van der Waals surface area contributed by atoms with Crippen molar-refractivity contribution in [2.45, 2.75) is 0 Å². The monoisotopic (exact) mass is 105 g/mol. The molecule has 0 heterocycles. The first-order chi connectivity index (χ1) is 2.41. The minimum Gasteiger partial charge on any atom is -0.336 e. The molecule has 0 rings (SSSR count). The van der Waals surface area contributed by atoms with Gasteiger partial charge in [0.15, 0.2) is 0 Å². The van der Waals surface area contributed by atoms with Gasteiger partial charge in [0, 0.05) is 0 Å². The summed E-state index contributed by atoms with van der Waals surface area (Å²) in [7, 11) is 0. The van der Waals surface area contributed by atoms with Gasteiger partial charge >= 0.3 is 0 Å². The van der Waals surface area contributed by atoms with Crippen LogP contribution in [0.15, 0.2) is 12.8 Å². The zero-order valence-corrected chi connectivity index (χ0v) is 4.89. The molecule has 2 nitrogen and oxygen atoms in total. The van der Waals surface area contributed by atoms with Crippen LogP contribution in [0, 0.1) is 0 Å². The van der Waals surface area contributed by atoms with E-state index in [9.17, 15) is 4.79 Å². The fourth-order valence-electron chi connectivity index (χ4n) is 0.0481. The van der Waals surface area contributed by atoms with Gasteiger partial charge in [-0.15, -0.1) is 0 Å². The van der Waals surface area contributed by atoms with E-state index < -0.39 is 0 Å². The van der Waals surface area contributed by atoms with E-state index in [0.29, 0.717) is 6.41 Å². The summed E-state index contributed by atoms with van der Waals surface area (Å²) in [6.45, 7) is 3.21. The molecular weight excluding hydrogens is 97.0 g/mol. The second kappa shape index (κ2) is 8.82. The molecule has 0 fully saturated rings. The van der Waals surface area contributed by atoms with E-state index in [-0.39, 0.29) is 9.90 Å². The minimum absolute atomic E-state index is 0. The third-order valence-corrected chi connectivity index (χ3v) is 0.186. The molecule has 0 radical (unpaired) electrons. The fourth-order valence-corrected chi connectivity index (χ4v) is 0.0481. The van der Waals surface area contributed by atoms with E-state index in [0.717, 1.165) is 0 Å². The van der Waals surface area contributed by atoms with Gasteiger partial charge in [0.2, 0.25) is 6.41 Å². The van der Waals surface area contributed by atoms with E-state index in [4.69, 9.17) is 0 Å². The zero-order valence-electron chi connectivity index (χ0n) is 3.48. The summed E-state index contributed by atoms with van der Waals surface area (Å²) in [4.78, 5) is 9.22. The Labute approximate surface area is 40.2 Å². The minimum atomic E-state index is 0. The van der Waals surface area contributed by atoms with E-state index >= 15 is 0 Å². The summed E-state index contributed by atoms with van der Waals surface area (Å²) in [6, 6.07) is 0. The number of hydrogen-bond donors (Lipinski definition) is 1. The summed E-state index contributed by atoms with van der Waals surface area (Å²) < 4.78 is 0. The molecule has 6 heavy (non-hydrogen) atoms. The van der Waals surface area contributed by atoms with Crippen LogP contribution in [0.4, 0.5) is 0 Å². The van der Waals surface area contributed by atoms with Crippen LogP contribution >= 0.6 is 9.90 Å². The maximum absolute atomic E-state index is 9.22. The molecule has 1 unspecified atom stereocenters. The molecular formula is C3H8NOP. The van der Waals surface area contributed by atoms with E-state index in [1.54, 1.807) is 0 Å². The Morgan fingerprint density at radius 1 is 1.67 bits per heavy atom. The summed E-state index contributed by atoms with van der Waals surface area (Å²) in [6.07, 6.45) is 1.88. The topological polar surface area (TPSA) is 29.1 Å². The molecule has 0 aliphatic carbocycles. The molecule has 0 aliphatic heterocycles. The van der Waals surface area contributed by atoms with Crippen molar-refractivity contribution in [3.63, 3.8) is 0 Å². The lowest BCUT2D eigenvalue weighted by Crippen LogP contribution is -1.96. The van der Waals surface area contributed by atoms with Crippen molar-refractivity contribution in [3.05, 3.63) is 12.8 Å². The van der Waals surface area contributed by atoms with Crippen molar-refractivity contribution >= 4 is 16.3 Å². The first-order valence-electron chi connectivity index (χ1n) is 1.22. The van der Waals surface area contributed by atoms with Crippen molar-refractivity contribution in [1.82, 2.24) is 5.32 Å². The molecule has 0 aliphatic rings. The maximum Gasteiger partial charge on any atom is 0.211 e. The Balaban J connectivity index is 0. The molecule has 1 atom stereocenters. The highest BCUT2D eigenvalue weighted by Crippen LogP contribution is 1.35. The van der Waals surface area contributed by atoms with E-state index in [2.05, 4.69) is 11.9 Å². The summed E-state index contributed by atoms with van der Waals surface area (Å²) in [5.74, 6) is 0. The van der Waals surface area contributed by atoms with Crippen molar-refractivity contribution in [1.29, 1.82) is 0 Å². The van der Waals surface area contributed by atoms with Gasteiger partial charge in [-0.1, -0.05) is 6.58 Å². The van der Waals surface area contributed by atoms with Crippen LogP contribution in [-0.2, 0) is 4.79 Å². The van der Waals surface area contributed by atoms with Crippen molar-refractivity contribution in [2.75, 3.05) is 0 Å². The lowest BCUT2D eigenvalue weighted by molar-refractivity contribution is -0.108. The summed E-state index contributed by atoms with van der Waals surface area (Å²) >= 11 is 0. The second-order valence-electron chi connectivity index (χ2n) is 0.489. The third-order valence-electron chi connectivity index (χ3n) is 0.186. The normalized spacial score (nSPS) is 4.67. The molecule has 1 N–H and O–H groups in total. The second-order valence-corrected chi connectivity index (χ2v) is 0.489. The van der Waals surface area contributed by atoms with Gasteiger partial charge in [-0.3, -0.25) is 4.79 Å². The first kappa shape index (κ1) is 9.16. The number of carbonyl (C=O) groups is 1. The molecule has 0 aromatic carbocycles. The van der Waals surface area contributed by atoms with Crippen LogP contribution in [0.1, 0.15) is 0 Å². The van der Waals surface area contributed by atoms with Crippen LogP contribution in [0.3, 0.4) is 0 Å². The Bertz CT molecular complexity index is 40.1. The summed E-state index contributed by atoms with van der Waals surface area (Å²) in [5.41, 5.74) is 0. The smallest absolute Gasteiger partial charge is 0.211 e. The molecule has 0 bridgehead atoms. The van der Waals surface area contributed by atoms with Gasteiger partial charge in [0.1, 0.15) is 0 Å². The van der Waals surface area contributed by atoms with Gasteiger partial charge in [0.25, 0.3) is 0 Å². The maximum atomic E-state index is 9.22. The predicted octanol–water partition coefficient (Wildman–Crippen LogP) is -0.0660. The highest BCUT2D eigenvalue weighted by Gasteiger charge is 1.50. The standard InChI is InChI=1S/C3H5NO.H3P/c1-2-4-3-5;/h2-3H,1H2,(H,4,5);1H3. The number of hydrogen-bond acceptors (Lipinski definition) is 1. The average Bonchev–Trinajstić information content (AvgIpc) is 1.41. The molecule has 36 valence electrons. The zero-order chi connectivity index (χ0) is 4.12. The van der Waals surface area contributed by atoms with Gasteiger partial charge in [-0.2, -0.15) is 9.90 Å². The fraction of sp³-hybridized carbons (Fsp3) is 0. The van der Waals surface area contributed by atoms with Crippen molar-refractivity contribution in [2.24, 2.45) is 0 Å². The molecule has 0 saturated carbocycles. The van der Waals surface area contributed by atoms with Gasteiger partial charge in [-0.05, 0) is 6.20 Å². The van der Waals surface area contributed by atoms with Crippen LogP contribution in [0.5, 0.6) is 0 Å². The number of carbonyl (C=O) groups excluding carboxylic acids is 1. The largest absolute Gasteiger partial charge is 0.336 e. The third kappa shape index (κ3) is 9.43. The average molecular weight is 105 g/mol. The highest BCUT2D eigenvalue weighted by molar-refractivity contribution is 6.92. The Morgan fingerprint density at radius 2 is 2.17 bits per heavy atom. The van der Waals surface area contributed by atoms with Gasteiger partial charge in [-0.25, -0.2) is 0 Å². The van der Waals surface area contributed by atoms with Gasteiger partial charge in [0.05, 0.1) is 0 Å². The molecule has 0 aromatic rings.